The largest absolute Gasteiger partial charge is 0.305 e. The Morgan fingerprint density at radius 3 is 2.09 bits per heavy atom. The van der Waals surface area contributed by atoms with Gasteiger partial charge in [-0.1, -0.05) is 66.2 Å². The Morgan fingerprint density at radius 2 is 1.44 bits per heavy atom. The summed E-state index contributed by atoms with van der Waals surface area (Å²) in [6.45, 7) is 0. The van der Waals surface area contributed by atoms with E-state index < -0.39 is 17.5 Å². The molecule has 34 heavy (non-hydrogen) atoms. The van der Waals surface area contributed by atoms with Crippen molar-refractivity contribution >= 4 is 0 Å². The summed E-state index contributed by atoms with van der Waals surface area (Å²) in [5.74, 6) is -3.34. The zero-order valence-electron chi connectivity index (χ0n) is 17.7. The molecule has 5 aromatic rings. The first-order chi connectivity index (χ1) is 16.1. The van der Waals surface area contributed by atoms with E-state index in [9.17, 15) is 13.2 Å². The minimum absolute atomic E-state index is 0. The Morgan fingerprint density at radius 1 is 0.676 bits per heavy atom. The van der Waals surface area contributed by atoms with Crippen LogP contribution in [0.5, 0.6) is 0 Å². The third-order valence-corrected chi connectivity index (χ3v) is 4.70. The molecule has 2 nitrogen and oxygen atoms in total. The van der Waals surface area contributed by atoms with E-state index in [-0.39, 0.29) is 31.4 Å². The van der Waals surface area contributed by atoms with Crippen molar-refractivity contribution in [2.75, 3.05) is 0 Å². The average Bonchev–Trinajstić information content (AvgIpc) is 2.88. The zero-order chi connectivity index (χ0) is 23.0. The van der Waals surface area contributed by atoms with Crippen LogP contribution in [0.2, 0.25) is 0 Å². The maximum Gasteiger partial charge on any atom is 0.0792 e. The van der Waals surface area contributed by atoms with Gasteiger partial charge >= 0.3 is 0 Å². The second-order valence-corrected chi connectivity index (χ2v) is 6.94. The van der Waals surface area contributed by atoms with Gasteiger partial charge in [0.15, 0.2) is 0 Å². The summed E-state index contributed by atoms with van der Waals surface area (Å²) in [4.78, 5) is 8.28. The van der Waals surface area contributed by atoms with Crippen LogP contribution >= 0.6 is 0 Å². The molecule has 6 heteroatoms. The predicted octanol–water partition coefficient (Wildman–Crippen LogP) is 7.18. The Bertz CT molecular complexity index is 1260. The maximum absolute atomic E-state index is 13.3. The normalized spacial score (nSPS) is 9.97. The van der Waals surface area contributed by atoms with Crippen molar-refractivity contribution < 1.29 is 33.3 Å². The molecule has 0 aliphatic heterocycles. The Balaban J connectivity index is 0.000000188. The van der Waals surface area contributed by atoms with Crippen LogP contribution in [0.1, 0.15) is 0 Å². The number of rotatable bonds is 3. The van der Waals surface area contributed by atoms with Crippen molar-refractivity contribution in [1.82, 2.24) is 9.97 Å². The van der Waals surface area contributed by atoms with E-state index in [0.29, 0.717) is 6.07 Å². The summed E-state index contributed by atoms with van der Waals surface area (Å²) < 4.78 is 38.9. The fourth-order valence-corrected chi connectivity index (χ4v) is 3.10. The molecule has 171 valence electrons. The maximum atomic E-state index is 13.3. The quantitative estimate of drug-likeness (QED) is 0.156. The van der Waals surface area contributed by atoms with Gasteiger partial charge in [-0.2, -0.15) is 0 Å². The molecule has 0 aliphatic rings. The van der Waals surface area contributed by atoms with Gasteiger partial charge in [0.05, 0.1) is 11.6 Å². The van der Waals surface area contributed by atoms with Gasteiger partial charge in [-0.05, 0) is 28.6 Å². The summed E-state index contributed by atoms with van der Waals surface area (Å²) in [5.41, 5.74) is 4.15. The molecule has 0 saturated carbocycles. The Hall–Kier alpha value is -3.60. The van der Waals surface area contributed by atoms with Crippen molar-refractivity contribution in [3.63, 3.8) is 0 Å². The van der Waals surface area contributed by atoms with Crippen LogP contribution in [0.4, 0.5) is 13.2 Å². The van der Waals surface area contributed by atoms with E-state index in [1.54, 1.807) is 12.1 Å². The predicted molar refractivity (Wildman–Crippen MR) is 122 cm³/mol. The first kappa shape index (κ1) is 25.0. The second-order valence-electron chi connectivity index (χ2n) is 6.94. The summed E-state index contributed by atoms with van der Waals surface area (Å²) >= 11 is 0. The molecule has 0 saturated heterocycles. The van der Waals surface area contributed by atoms with E-state index >= 15 is 0 Å². The average molecular weight is 631 g/mol. The Kier molecular flexibility index (Phi) is 8.86. The molecule has 0 aliphatic carbocycles. The molecule has 0 N–H and O–H groups in total. The van der Waals surface area contributed by atoms with Crippen LogP contribution in [-0.4, -0.2) is 9.97 Å². The molecule has 0 unspecified atom stereocenters. The van der Waals surface area contributed by atoms with Crippen molar-refractivity contribution in [3.05, 3.63) is 133 Å². The number of hydrogen-bond acceptors (Lipinski definition) is 2. The van der Waals surface area contributed by atoms with Crippen LogP contribution in [0.3, 0.4) is 0 Å². The van der Waals surface area contributed by atoms with Gasteiger partial charge in [-0.15, -0.1) is 42.0 Å². The number of benzene rings is 3. The second kappa shape index (κ2) is 12.0. The third-order valence-electron chi connectivity index (χ3n) is 4.70. The van der Waals surface area contributed by atoms with Crippen LogP contribution < -0.4 is 0 Å². The third kappa shape index (κ3) is 6.25. The van der Waals surface area contributed by atoms with E-state index in [0.717, 1.165) is 16.8 Å². The number of aromatic nitrogens is 2. The molecule has 0 fully saturated rings. The van der Waals surface area contributed by atoms with Crippen LogP contribution in [0, 0.1) is 29.6 Å². The first-order valence-electron chi connectivity index (χ1n) is 10.1. The van der Waals surface area contributed by atoms with E-state index in [4.69, 9.17) is 0 Å². The van der Waals surface area contributed by atoms with Gasteiger partial charge in [0.1, 0.15) is 0 Å². The Labute approximate surface area is 209 Å². The molecule has 1 radical (unpaired) electrons. The number of halogens is 3. The summed E-state index contributed by atoms with van der Waals surface area (Å²) in [6, 6.07) is 32.7. The summed E-state index contributed by atoms with van der Waals surface area (Å²) in [6.07, 6.45) is 3.32. The minimum atomic E-state index is -1.24. The molecule has 5 rings (SSSR count). The molecule has 2 heterocycles. The van der Waals surface area contributed by atoms with Gasteiger partial charge in [-0.3, -0.25) is 4.39 Å². The van der Waals surface area contributed by atoms with Crippen LogP contribution in [0.25, 0.3) is 33.6 Å². The van der Waals surface area contributed by atoms with E-state index in [2.05, 4.69) is 40.3 Å². The van der Waals surface area contributed by atoms with Gasteiger partial charge in [0.2, 0.25) is 0 Å². The number of nitrogens with zero attached hydrogens (tertiary/aromatic N) is 2. The topological polar surface area (TPSA) is 25.8 Å². The molecule has 3 aromatic carbocycles. The molecule has 0 bridgehead atoms. The fourth-order valence-electron chi connectivity index (χ4n) is 3.10. The smallest absolute Gasteiger partial charge is 0.0792 e. The summed E-state index contributed by atoms with van der Waals surface area (Å²) in [5, 5.41) is 0. The molecule has 0 atom stereocenters. The minimum Gasteiger partial charge on any atom is -0.305 e. The molecule has 0 amide bonds. The van der Waals surface area contributed by atoms with Gasteiger partial charge in [0.25, 0.3) is 0 Å². The molecular weight excluding hydrogens is 614 g/mol. The zero-order valence-corrected chi connectivity index (χ0v) is 20.1. The van der Waals surface area contributed by atoms with Crippen molar-refractivity contribution in [2.45, 2.75) is 0 Å². The van der Waals surface area contributed by atoms with Crippen molar-refractivity contribution in [2.24, 2.45) is 0 Å². The number of hydrogen-bond donors (Lipinski definition) is 0. The summed E-state index contributed by atoms with van der Waals surface area (Å²) in [7, 11) is 0. The number of pyridine rings is 2. The van der Waals surface area contributed by atoms with Crippen LogP contribution in [0.15, 0.2) is 103 Å². The van der Waals surface area contributed by atoms with E-state index in [1.807, 2.05) is 54.7 Å². The van der Waals surface area contributed by atoms with E-state index in [1.165, 1.54) is 17.8 Å². The standard InChI is InChI=1S/C17H12N.C11H5F3N.Ir/c1-3-7-14(8-4-1)16-11-12-17(18-13-16)15-9-5-2-6-10-15;12-7-5-8(11(14)9(13)6-7)10-3-1-2-4-15-10;/h1-9,11-13H;1-4,6H;/q2*-1;. The molecule has 0 spiro atoms. The fraction of sp³-hybridized carbons (Fsp3) is 0. The molecular formula is C28H17F3IrN2-2. The van der Waals surface area contributed by atoms with Gasteiger partial charge in [0, 0.05) is 38.3 Å². The van der Waals surface area contributed by atoms with Crippen LogP contribution in [-0.2, 0) is 20.1 Å². The van der Waals surface area contributed by atoms with Gasteiger partial charge < -0.3 is 9.97 Å². The van der Waals surface area contributed by atoms with Gasteiger partial charge in [-0.25, -0.2) is 8.78 Å². The van der Waals surface area contributed by atoms with Crippen molar-refractivity contribution in [3.8, 4) is 33.6 Å². The first-order valence-corrected chi connectivity index (χ1v) is 10.1. The SMILES string of the molecule is Fc1[c-]c(-c2ccccn2)c(F)c(F)c1.[Ir].[c-]1ccccc1-c1ccc(-c2ccccc2)cn1. The monoisotopic (exact) mass is 631 g/mol. The molecule has 2 aromatic heterocycles. The van der Waals surface area contributed by atoms with Crippen molar-refractivity contribution in [1.29, 1.82) is 0 Å².